The zero-order valence-electron chi connectivity index (χ0n) is 12.8. The first-order valence-corrected chi connectivity index (χ1v) is 6.83. The van der Waals surface area contributed by atoms with Crippen LogP contribution in [0.1, 0.15) is 34.1 Å². The summed E-state index contributed by atoms with van der Waals surface area (Å²) in [6.45, 7) is 6.50. The fourth-order valence-corrected chi connectivity index (χ4v) is 1.67. The number of aliphatic hydroxyl groups is 1. The predicted molar refractivity (Wildman–Crippen MR) is 76.3 cm³/mol. The van der Waals surface area contributed by atoms with Gasteiger partial charge in [0.25, 0.3) is 0 Å². The first kappa shape index (κ1) is 19.3. The Labute approximate surface area is 124 Å². The molecule has 0 radical (unpaired) electrons. The van der Waals surface area contributed by atoms with Crippen molar-refractivity contribution in [3.05, 3.63) is 0 Å². The van der Waals surface area contributed by atoms with E-state index < -0.39 is 42.0 Å². The van der Waals surface area contributed by atoms with Crippen LogP contribution in [0.2, 0.25) is 0 Å². The van der Waals surface area contributed by atoms with E-state index in [4.69, 9.17) is 10.8 Å². The Morgan fingerprint density at radius 2 is 1.57 bits per heavy atom. The lowest BCUT2D eigenvalue weighted by atomic mass is 10.0. The van der Waals surface area contributed by atoms with E-state index in [0.717, 1.165) is 0 Å². The Hall–Kier alpha value is -1.67. The number of aliphatic carboxylic acids is 1. The van der Waals surface area contributed by atoms with Crippen LogP contribution in [0, 0.1) is 5.92 Å². The number of carbonyl (C=O) groups is 3. The standard InChI is InChI=1S/C13H25N3O5/c1-6(2)5-9(14)12(19)15-7(3)11(18)16-10(8(4)17)13(20)21/h6-10,17H,5,14H2,1-4H3,(H,15,19)(H,16,18)(H,20,21). The van der Waals surface area contributed by atoms with Crippen LogP contribution in [-0.4, -0.2) is 52.2 Å². The normalized spacial score (nSPS) is 16.7. The largest absolute Gasteiger partial charge is 0.480 e. The number of rotatable bonds is 8. The minimum Gasteiger partial charge on any atom is -0.480 e. The fourth-order valence-electron chi connectivity index (χ4n) is 1.67. The molecule has 0 spiro atoms. The van der Waals surface area contributed by atoms with Crippen molar-refractivity contribution in [3.8, 4) is 0 Å². The van der Waals surface area contributed by atoms with Gasteiger partial charge in [0.1, 0.15) is 6.04 Å². The summed E-state index contributed by atoms with van der Waals surface area (Å²) in [5.74, 6) is -2.29. The Morgan fingerprint density at radius 1 is 1.05 bits per heavy atom. The molecule has 21 heavy (non-hydrogen) atoms. The smallest absolute Gasteiger partial charge is 0.328 e. The first-order chi connectivity index (χ1) is 9.56. The Balaban J connectivity index is 4.51. The van der Waals surface area contributed by atoms with E-state index in [2.05, 4.69) is 10.6 Å². The lowest BCUT2D eigenvalue weighted by molar-refractivity contribution is -0.145. The van der Waals surface area contributed by atoms with Gasteiger partial charge in [-0.05, 0) is 26.2 Å². The number of carboxylic acid groups (broad SMARTS) is 1. The predicted octanol–water partition coefficient (Wildman–Crippen LogP) is -1.19. The molecule has 4 atom stereocenters. The molecule has 0 aliphatic carbocycles. The molecule has 4 unspecified atom stereocenters. The van der Waals surface area contributed by atoms with Crippen molar-refractivity contribution >= 4 is 17.8 Å². The van der Waals surface area contributed by atoms with E-state index in [0.29, 0.717) is 6.42 Å². The number of hydrogen-bond acceptors (Lipinski definition) is 5. The number of aliphatic hydroxyl groups excluding tert-OH is 1. The number of carboxylic acids is 1. The topological polar surface area (TPSA) is 142 Å². The molecule has 0 aliphatic rings. The van der Waals surface area contributed by atoms with Crippen LogP contribution in [0.15, 0.2) is 0 Å². The molecule has 0 fully saturated rings. The Bertz CT molecular complexity index is 384. The molecule has 0 heterocycles. The van der Waals surface area contributed by atoms with E-state index in [1.165, 1.54) is 13.8 Å². The maximum absolute atomic E-state index is 11.8. The summed E-state index contributed by atoms with van der Waals surface area (Å²) in [6, 6.07) is -3.11. The average Bonchev–Trinajstić information content (AvgIpc) is 2.33. The van der Waals surface area contributed by atoms with Gasteiger partial charge >= 0.3 is 5.97 Å². The first-order valence-electron chi connectivity index (χ1n) is 6.83. The summed E-state index contributed by atoms with van der Waals surface area (Å²) in [4.78, 5) is 34.4. The van der Waals surface area contributed by atoms with Crippen molar-refractivity contribution in [2.24, 2.45) is 11.7 Å². The molecule has 0 aromatic carbocycles. The van der Waals surface area contributed by atoms with Crippen LogP contribution < -0.4 is 16.4 Å². The van der Waals surface area contributed by atoms with Crippen LogP contribution in [0.3, 0.4) is 0 Å². The summed E-state index contributed by atoms with van der Waals surface area (Å²) in [5, 5.41) is 22.7. The number of amides is 2. The lowest BCUT2D eigenvalue weighted by Crippen LogP contribution is -2.55. The summed E-state index contributed by atoms with van der Waals surface area (Å²) < 4.78 is 0. The molecule has 122 valence electrons. The zero-order valence-corrected chi connectivity index (χ0v) is 12.8. The van der Waals surface area contributed by atoms with Crippen molar-refractivity contribution < 1.29 is 24.6 Å². The molecule has 8 nitrogen and oxygen atoms in total. The molecule has 0 rings (SSSR count). The van der Waals surface area contributed by atoms with Crippen LogP contribution in [0.5, 0.6) is 0 Å². The molecule has 0 bridgehead atoms. The second-order valence-electron chi connectivity index (χ2n) is 5.53. The minimum absolute atomic E-state index is 0.238. The van der Waals surface area contributed by atoms with E-state index in [1.54, 1.807) is 0 Å². The van der Waals surface area contributed by atoms with Crippen molar-refractivity contribution in [1.82, 2.24) is 10.6 Å². The fraction of sp³-hybridized carbons (Fsp3) is 0.769. The molecule has 2 amide bonds. The molecule has 8 heteroatoms. The maximum atomic E-state index is 11.8. The number of carbonyl (C=O) groups excluding carboxylic acids is 2. The maximum Gasteiger partial charge on any atom is 0.328 e. The molecular weight excluding hydrogens is 278 g/mol. The molecule has 0 aliphatic heterocycles. The third-order valence-electron chi connectivity index (χ3n) is 2.86. The number of hydrogen-bond donors (Lipinski definition) is 5. The van der Waals surface area contributed by atoms with Gasteiger partial charge in [-0.1, -0.05) is 13.8 Å². The van der Waals surface area contributed by atoms with Crippen molar-refractivity contribution in [1.29, 1.82) is 0 Å². The number of nitrogens with one attached hydrogen (secondary N) is 2. The summed E-state index contributed by atoms with van der Waals surface area (Å²) >= 11 is 0. The van der Waals surface area contributed by atoms with Gasteiger partial charge in [-0.25, -0.2) is 4.79 Å². The van der Waals surface area contributed by atoms with E-state index in [1.807, 2.05) is 13.8 Å². The van der Waals surface area contributed by atoms with Gasteiger partial charge < -0.3 is 26.6 Å². The van der Waals surface area contributed by atoms with Gasteiger partial charge in [0.2, 0.25) is 11.8 Å². The van der Waals surface area contributed by atoms with Gasteiger partial charge in [0.05, 0.1) is 12.1 Å². The molecule has 0 aromatic rings. The van der Waals surface area contributed by atoms with E-state index in [-0.39, 0.29) is 5.92 Å². The van der Waals surface area contributed by atoms with Crippen molar-refractivity contribution in [2.75, 3.05) is 0 Å². The highest BCUT2D eigenvalue weighted by Crippen LogP contribution is 2.03. The molecular formula is C13H25N3O5. The third-order valence-corrected chi connectivity index (χ3v) is 2.86. The quantitative estimate of drug-likeness (QED) is 0.382. The van der Waals surface area contributed by atoms with Crippen molar-refractivity contribution in [2.45, 2.75) is 58.3 Å². The van der Waals surface area contributed by atoms with Gasteiger partial charge in [0.15, 0.2) is 6.04 Å². The third kappa shape index (κ3) is 7.05. The van der Waals surface area contributed by atoms with Gasteiger partial charge in [-0.15, -0.1) is 0 Å². The average molecular weight is 303 g/mol. The Morgan fingerprint density at radius 3 is 1.95 bits per heavy atom. The monoisotopic (exact) mass is 303 g/mol. The second kappa shape index (κ2) is 8.58. The van der Waals surface area contributed by atoms with Gasteiger partial charge in [0, 0.05) is 0 Å². The highest BCUT2D eigenvalue weighted by molar-refractivity contribution is 5.91. The highest BCUT2D eigenvalue weighted by atomic mass is 16.4. The summed E-state index contributed by atoms with van der Waals surface area (Å²) in [7, 11) is 0. The molecule has 0 aromatic heterocycles. The van der Waals surface area contributed by atoms with E-state index in [9.17, 15) is 19.5 Å². The molecule has 0 saturated heterocycles. The van der Waals surface area contributed by atoms with Gasteiger partial charge in [-0.2, -0.15) is 0 Å². The van der Waals surface area contributed by atoms with Crippen LogP contribution in [0.4, 0.5) is 0 Å². The lowest BCUT2D eigenvalue weighted by Gasteiger charge is -2.22. The van der Waals surface area contributed by atoms with Gasteiger partial charge in [-0.3, -0.25) is 9.59 Å². The van der Waals surface area contributed by atoms with Crippen LogP contribution >= 0.6 is 0 Å². The van der Waals surface area contributed by atoms with Crippen LogP contribution in [-0.2, 0) is 14.4 Å². The zero-order chi connectivity index (χ0) is 16.7. The highest BCUT2D eigenvalue weighted by Gasteiger charge is 2.28. The molecule has 0 saturated carbocycles. The summed E-state index contributed by atoms with van der Waals surface area (Å²) in [6.07, 6.45) is -0.774. The molecule has 6 N–H and O–H groups in total. The van der Waals surface area contributed by atoms with Crippen LogP contribution in [0.25, 0.3) is 0 Å². The Kier molecular flexibility index (Phi) is 7.90. The SMILES string of the molecule is CC(C)CC(N)C(=O)NC(C)C(=O)NC(C(=O)O)C(C)O. The van der Waals surface area contributed by atoms with Crippen molar-refractivity contribution in [3.63, 3.8) is 0 Å². The minimum atomic E-state index is -1.43. The number of nitrogens with two attached hydrogens (primary N) is 1. The second-order valence-corrected chi connectivity index (χ2v) is 5.53. The van der Waals surface area contributed by atoms with E-state index >= 15 is 0 Å². The summed E-state index contributed by atoms with van der Waals surface area (Å²) in [5.41, 5.74) is 5.69.